The molecule has 2 aromatic rings. The molecule has 2 aromatic carbocycles. The van der Waals surface area contributed by atoms with Gasteiger partial charge in [0.1, 0.15) is 11.5 Å². The predicted molar refractivity (Wildman–Crippen MR) is 74.7 cm³/mol. The van der Waals surface area contributed by atoms with Crippen molar-refractivity contribution in [3.05, 3.63) is 62.9 Å². The first kappa shape index (κ1) is 14.7. The van der Waals surface area contributed by atoms with Crippen molar-refractivity contribution in [2.75, 3.05) is 5.32 Å². The lowest BCUT2D eigenvalue weighted by atomic mass is 10.2. The maximum atomic E-state index is 13.4. The van der Waals surface area contributed by atoms with Crippen molar-refractivity contribution < 1.29 is 19.2 Å². The van der Waals surface area contributed by atoms with Crippen molar-refractivity contribution in [1.82, 2.24) is 0 Å². The number of carboxylic acids is 1. The second-order valence-corrected chi connectivity index (χ2v) is 4.46. The predicted octanol–water partition coefficient (Wildman–Crippen LogP) is 3.83. The molecule has 0 spiro atoms. The zero-order valence-electron chi connectivity index (χ0n) is 10.3. The third-order valence-corrected chi connectivity index (χ3v) is 2.94. The summed E-state index contributed by atoms with van der Waals surface area (Å²) < 4.78 is 13.4. The van der Waals surface area contributed by atoms with Gasteiger partial charge in [0.2, 0.25) is 0 Å². The van der Waals surface area contributed by atoms with Crippen LogP contribution in [0.25, 0.3) is 0 Å². The second kappa shape index (κ2) is 5.76. The Morgan fingerprint density at radius 2 is 1.90 bits per heavy atom. The van der Waals surface area contributed by atoms with Crippen LogP contribution in [0.15, 0.2) is 36.4 Å². The van der Waals surface area contributed by atoms with Crippen molar-refractivity contribution >= 4 is 34.6 Å². The highest BCUT2D eigenvalue weighted by molar-refractivity contribution is 6.31. The Bertz CT molecular complexity index is 719. The Morgan fingerprint density at radius 3 is 2.43 bits per heavy atom. The van der Waals surface area contributed by atoms with Crippen LogP contribution in [0, 0.1) is 15.9 Å². The van der Waals surface area contributed by atoms with Gasteiger partial charge < -0.3 is 10.4 Å². The number of nitro benzene ring substituents is 1. The third kappa shape index (κ3) is 3.26. The van der Waals surface area contributed by atoms with E-state index in [0.29, 0.717) is 5.69 Å². The molecule has 0 amide bonds. The first-order valence-electron chi connectivity index (χ1n) is 5.62. The molecule has 6 nitrogen and oxygen atoms in total. The summed E-state index contributed by atoms with van der Waals surface area (Å²) in [5.41, 5.74) is -0.0177. The lowest BCUT2D eigenvalue weighted by Gasteiger charge is -2.08. The number of nitro groups is 1. The first-order valence-corrected chi connectivity index (χ1v) is 6.00. The molecule has 0 unspecified atom stereocenters. The maximum Gasteiger partial charge on any atom is 0.335 e. The van der Waals surface area contributed by atoms with E-state index in [0.717, 1.165) is 12.1 Å². The monoisotopic (exact) mass is 310 g/mol. The highest BCUT2D eigenvalue weighted by Crippen LogP contribution is 2.32. The van der Waals surface area contributed by atoms with Crippen LogP contribution < -0.4 is 5.32 Å². The molecule has 2 rings (SSSR count). The summed E-state index contributed by atoms with van der Waals surface area (Å²) in [6, 6.07) is 7.29. The van der Waals surface area contributed by atoms with Gasteiger partial charge in [0.05, 0.1) is 15.5 Å². The summed E-state index contributed by atoms with van der Waals surface area (Å²) in [6.45, 7) is 0. The molecular formula is C13H8ClFN2O4. The summed E-state index contributed by atoms with van der Waals surface area (Å²) in [4.78, 5) is 21.0. The molecule has 0 radical (unpaired) electrons. The molecular weight excluding hydrogens is 303 g/mol. The smallest absolute Gasteiger partial charge is 0.335 e. The van der Waals surface area contributed by atoms with E-state index in [1.807, 2.05) is 0 Å². The fraction of sp³-hybridized carbons (Fsp3) is 0. The zero-order chi connectivity index (χ0) is 15.6. The number of halogens is 2. The van der Waals surface area contributed by atoms with Gasteiger partial charge in [-0.3, -0.25) is 10.1 Å². The minimum Gasteiger partial charge on any atom is -0.478 e. The molecule has 0 aliphatic carbocycles. The Kier molecular flexibility index (Phi) is 4.04. The van der Waals surface area contributed by atoms with E-state index in [9.17, 15) is 19.3 Å². The summed E-state index contributed by atoms with van der Waals surface area (Å²) in [5.74, 6) is -1.89. The summed E-state index contributed by atoms with van der Waals surface area (Å²) in [5, 5.41) is 22.0. The van der Waals surface area contributed by atoms with E-state index in [1.54, 1.807) is 0 Å². The summed E-state index contributed by atoms with van der Waals surface area (Å²) >= 11 is 5.52. The minimum absolute atomic E-state index is 0.0670. The van der Waals surface area contributed by atoms with Gasteiger partial charge in [-0.1, -0.05) is 11.6 Å². The SMILES string of the molecule is O=C(O)c1ccc(Nc2cc(F)c(Cl)cc2[N+](=O)[O-])cc1. The Hall–Kier alpha value is -2.67. The molecule has 21 heavy (non-hydrogen) atoms. The van der Waals surface area contributed by atoms with Gasteiger partial charge in [-0.2, -0.15) is 0 Å². The van der Waals surface area contributed by atoms with Crippen molar-refractivity contribution in [2.24, 2.45) is 0 Å². The molecule has 0 fully saturated rings. The van der Waals surface area contributed by atoms with Crippen LogP contribution in [-0.4, -0.2) is 16.0 Å². The molecule has 0 atom stereocenters. The van der Waals surface area contributed by atoms with Crippen LogP contribution in [0.3, 0.4) is 0 Å². The number of benzene rings is 2. The fourth-order valence-corrected chi connectivity index (χ4v) is 1.80. The molecule has 0 bridgehead atoms. The summed E-state index contributed by atoms with van der Waals surface area (Å²) in [7, 11) is 0. The van der Waals surface area contributed by atoms with Crippen LogP contribution in [-0.2, 0) is 0 Å². The third-order valence-electron chi connectivity index (χ3n) is 2.65. The molecule has 0 aromatic heterocycles. The van der Waals surface area contributed by atoms with E-state index in [1.165, 1.54) is 24.3 Å². The number of aromatic carboxylic acids is 1. The van der Waals surface area contributed by atoms with Gasteiger partial charge in [0.15, 0.2) is 0 Å². The quantitative estimate of drug-likeness (QED) is 0.661. The minimum atomic E-state index is -1.09. The highest BCUT2D eigenvalue weighted by atomic mass is 35.5. The fourth-order valence-electron chi connectivity index (χ4n) is 1.64. The van der Waals surface area contributed by atoms with Crippen LogP contribution >= 0.6 is 11.6 Å². The van der Waals surface area contributed by atoms with Gasteiger partial charge in [0, 0.05) is 17.8 Å². The maximum absolute atomic E-state index is 13.4. The molecule has 0 aliphatic heterocycles. The molecule has 108 valence electrons. The Balaban J connectivity index is 2.36. The number of carbonyl (C=O) groups is 1. The average Bonchev–Trinajstić information content (AvgIpc) is 2.43. The van der Waals surface area contributed by atoms with Crippen LogP contribution in [0.1, 0.15) is 10.4 Å². The number of hydrogen-bond donors (Lipinski definition) is 2. The summed E-state index contributed by atoms with van der Waals surface area (Å²) in [6.07, 6.45) is 0. The van der Waals surface area contributed by atoms with Gasteiger partial charge in [-0.15, -0.1) is 0 Å². The van der Waals surface area contributed by atoms with Crippen molar-refractivity contribution in [1.29, 1.82) is 0 Å². The molecule has 0 saturated carbocycles. The van der Waals surface area contributed by atoms with Crippen LogP contribution in [0.2, 0.25) is 5.02 Å². The van der Waals surface area contributed by atoms with Crippen molar-refractivity contribution in [2.45, 2.75) is 0 Å². The average molecular weight is 311 g/mol. The van der Waals surface area contributed by atoms with E-state index in [-0.39, 0.29) is 22.0 Å². The van der Waals surface area contributed by atoms with Crippen LogP contribution in [0.4, 0.5) is 21.5 Å². The normalized spacial score (nSPS) is 10.2. The Labute approximate surface area is 122 Å². The van der Waals surface area contributed by atoms with E-state index in [2.05, 4.69) is 5.32 Å². The molecule has 0 saturated heterocycles. The highest BCUT2D eigenvalue weighted by Gasteiger charge is 2.18. The number of nitrogens with one attached hydrogen (secondary N) is 1. The molecule has 0 aliphatic rings. The van der Waals surface area contributed by atoms with Crippen LogP contribution in [0.5, 0.6) is 0 Å². The van der Waals surface area contributed by atoms with E-state index in [4.69, 9.17) is 16.7 Å². The number of anilines is 2. The lowest BCUT2D eigenvalue weighted by Crippen LogP contribution is -2.00. The zero-order valence-corrected chi connectivity index (χ0v) is 11.1. The molecule has 2 N–H and O–H groups in total. The van der Waals surface area contributed by atoms with E-state index >= 15 is 0 Å². The molecule has 8 heteroatoms. The lowest BCUT2D eigenvalue weighted by molar-refractivity contribution is -0.383. The number of rotatable bonds is 4. The first-order chi connectivity index (χ1) is 9.88. The second-order valence-electron chi connectivity index (χ2n) is 4.05. The standard InChI is InChI=1S/C13H8ClFN2O4/c14-9-5-12(17(20)21)11(6-10(9)15)16-8-3-1-7(2-4-8)13(18)19/h1-6,16H,(H,18,19). The van der Waals surface area contributed by atoms with Crippen molar-refractivity contribution in [3.63, 3.8) is 0 Å². The number of nitrogens with zero attached hydrogens (tertiary/aromatic N) is 1. The largest absolute Gasteiger partial charge is 0.478 e. The van der Waals surface area contributed by atoms with E-state index < -0.39 is 16.7 Å². The van der Waals surface area contributed by atoms with Crippen molar-refractivity contribution in [3.8, 4) is 0 Å². The van der Waals surface area contributed by atoms with Gasteiger partial charge in [0.25, 0.3) is 5.69 Å². The topological polar surface area (TPSA) is 92.5 Å². The number of hydrogen-bond acceptors (Lipinski definition) is 4. The Morgan fingerprint density at radius 1 is 1.29 bits per heavy atom. The van der Waals surface area contributed by atoms with Gasteiger partial charge >= 0.3 is 5.97 Å². The molecule has 0 heterocycles. The van der Waals surface area contributed by atoms with Gasteiger partial charge in [-0.05, 0) is 24.3 Å². The van der Waals surface area contributed by atoms with Gasteiger partial charge in [-0.25, -0.2) is 9.18 Å². The number of carboxylic acid groups (broad SMARTS) is 1.